The molecule has 3 rings (SSSR count). The monoisotopic (exact) mass is 395 g/mol. The molecule has 1 aromatic heterocycles. The number of hydrogen-bond donors (Lipinski definition) is 2. The van der Waals surface area contributed by atoms with Crippen LogP contribution in [-0.2, 0) is 11.3 Å². The lowest BCUT2D eigenvalue weighted by Gasteiger charge is -2.07. The largest absolute Gasteiger partial charge is 0.484 e. The van der Waals surface area contributed by atoms with E-state index in [0.717, 1.165) is 21.7 Å². The molecule has 0 unspecified atom stereocenters. The van der Waals surface area contributed by atoms with Crippen molar-refractivity contribution in [1.82, 2.24) is 10.3 Å². The van der Waals surface area contributed by atoms with Crippen LogP contribution < -0.4 is 15.8 Å². The van der Waals surface area contributed by atoms with Crippen LogP contribution in [0.25, 0.3) is 10.6 Å². The van der Waals surface area contributed by atoms with Crippen molar-refractivity contribution in [3.63, 3.8) is 0 Å². The molecule has 3 aromatic rings. The standard InChI is InChI=1S/C21H21N3O3S/c1-13-6-7-17(14(2)8-13)21-24-18(12-28-21)20(26)23-10-15-4-3-5-16(9-15)27-11-19(22)25/h3-9,12H,10-11H2,1-2H3,(H2,22,25)(H,23,26). The van der Waals surface area contributed by atoms with Gasteiger partial charge in [-0.05, 0) is 37.1 Å². The molecule has 0 aliphatic heterocycles. The zero-order chi connectivity index (χ0) is 20.1. The van der Waals surface area contributed by atoms with Crippen LogP contribution in [0.4, 0.5) is 0 Å². The van der Waals surface area contributed by atoms with Crippen molar-refractivity contribution in [2.75, 3.05) is 6.61 Å². The van der Waals surface area contributed by atoms with Crippen molar-refractivity contribution in [2.45, 2.75) is 20.4 Å². The first kappa shape index (κ1) is 19.6. The summed E-state index contributed by atoms with van der Waals surface area (Å²) >= 11 is 1.45. The molecule has 0 saturated heterocycles. The van der Waals surface area contributed by atoms with Crippen molar-refractivity contribution in [1.29, 1.82) is 0 Å². The molecule has 1 heterocycles. The number of benzene rings is 2. The molecule has 0 aliphatic rings. The number of nitrogens with one attached hydrogen (secondary N) is 1. The van der Waals surface area contributed by atoms with Crippen molar-refractivity contribution in [3.8, 4) is 16.3 Å². The van der Waals surface area contributed by atoms with Crippen LogP contribution in [0.1, 0.15) is 27.2 Å². The Morgan fingerprint density at radius 1 is 1.18 bits per heavy atom. The Labute approximate surface area is 167 Å². The van der Waals surface area contributed by atoms with Gasteiger partial charge in [-0.15, -0.1) is 11.3 Å². The third-order valence-electron chi connectivity index (χ3n) is 4.08. The number of primary amides is 1. The second kappa shape index (κ2) is 8.67. The number of ether oxygens (including phenoxy) is 1. The van der Waals surface area contributed by atoms with Crippen LogP contribution in [-0.4, -0.2) is 23.4 Å². The maximum Gasteiger partial charge on any atom is 0.271 e. The minimum Gasteiger partial charge on any atom is -0.484 e. The predicted octanol–water partition coefficient (Wildman–Crippen LogP) is 3.22. The Hall–Kier alpha value is -3.19. The Balaban J connectivity index is 1.64. The van der Waals surface area contributed by atoms with Crippen LogP contribution in [0.3, 0.4) is 0 Å². The SMILES string of the molecule is Cc1ccc(-c2nc(C(=O)NCc3cccc(OCC(N)=O)c3)cs2)c(C)c1. The van der Waals surface area contributed by atoms with E-state index in [1.165, 1.54) is 16.9 Å². The van der Waals surface area contributed by atoms with Gasteiger partial charge in [0.2, 0.25) is 0 Å². The molecule has 0 saturated carbocycles. The van der Waals surface area contributed by atoms with Crippen LogP contribution in [0.15, 0.2) is 47.8 Å². The molecule has 3 N–H and O–H groups in total. The molecule has 0 aliphatic carbocycles. The van der Waals surface area contributed by atoms with Gasteiger partial charge < -0.3 is 15.8 Å². The summed E-state index contributed by atoms with van der Waals surface area (Å²) in [5, 5.41) is 5.44. The number of thiazole rings is 1. The number of carbonyl (C=O) groups excluding carboxylic acids is 2. The minimum atomic E-state index is -0.540. The van der Waals surface area contributed by atoms with Crippen molar-refractivity contribution in [3.05, 3.63) is 70.2 Å². The number of rotatable bonds is 7. The van der Waals surface area contributed by atoms with Crippen LogP contribution in [0.5, 0.6) is 5.75 Å². The van der Waals surface area contributed by atoms with Gasteiger partial charge in [0, 0.05) is 17.5 Å². The molecule has 0 fully saturated rings. The molecule has 2 amide bonds. The van der Waals surface area contributed by atoms with E-state index >= 15 is 0 Å². The number of nitrogens with zero attached hydrogens (tertiary/aromatic N) is 1. The van der Waals surface area contributed by atoms with Gasteiger partial charge in [-0.1, -0.05) is 35.9 Å². The van der Waals surface area contributed by atoms with Gasteiger partial charge in [-0.3, -0.25) is 9.59 Å². The highest BCUT2D eigenvalue weighted by atomic mass is 32.1. The fraction of sp³-hybridized carbons (Fsp3) is 0.190. The van der Waals surface area contributed by atoms with E-state index < -0.39 is 5.91 Å². The molecule has 0 spiro atoms. The van der Waals surface area contributed by atoms with E-state index in [4.69, 9.17) is 10.5 Å². The molecule has 2 aromatic carbocycles. The summed E-state index contributed by atoms with van der Waals surface area (Å²) in [6.07, 6.45) is 0. The summed E-state index contributed by atoms with van der Waals surface area (Å²) in [7, 11) is 0. The molecule has 144 valence electrons. The van der Waals surface area contributed by atoms with Crippen molar-refractivity contribution in [2.24, 2.45) is 5.73 Å². The normalized spacial score (nSPS) is 10.5. The lowest BCUT2D eigenvalue weighted by Crippen LogP contribution is -2.23. The van der Waals surface area contributed by atoms with Gasteiger partial charge in [0.25, 0.3) is 11.8 Å². The Kier molecular flexibility index (Phi) is 6.06. The summed E-state index contributed by atoms with van der Waals surface area (Å²) in [6, 6.07) is 13.3. The highest BCUT2D eigenvalue weighted by molar-refractivity contribution is 7.13. The van der Waals surface area contributed by atoms with Crippen LogP contribution in [0, 0.1) is 13.8 Å². The van der Waals surface area contributed by atoms with Gasteiger partial charge in [-0.25, -0.2) is 4.98 Å². The lowest BCUT2D eigenvalue weighted by molar-refractivity contribution is -0.119. The Bertz CT molecular complexity index is 1010. The second-order valence-electron chi connectivity index (χ2n) is 6.44. The topological polar surface area (TPSA) is 94.3 Å². The highest BCUT2D eigenvalue weighted by Gasteiger charge is 2.13. The number of amides is 2. The van der Waals surface area contributed by atoms with Crippen molar-refractivity contribution >= 4 is 23.2 Å². The maximum absolute atomic E-state index is 12.4. The first-order valence-electron chi connectivity index (χ1n) is 8.74. The van der Waals surface area contributed by atoms with E-state index in [1.54, 1.807) is 23.6 Å². The maximum atomic E-state index is 12.4. The first-order valence-corrected chi connectivity index (χ1v) is 9.62. The number of carbonyl (C=O) groups is 2. The second-order valence-corrected chi connectivity index (χ2v) is 7.30. The number of aryl methyl sites for hydroxylation is 2. The number of hydrogen-bond acceptors (Lipinski definition) is 5. The van der Waals surface area contributed by atoms with Crippen molar-refractivity contribution < 1.29 is 14.3 Å². The fourth-order valence-electron chi connectivity index (χ4n) is 2.73. The predicted molar refractivity (Wildman–Crippen MR) is 109 cm³/mol. The van der Waals surface area contributed by atoms with Crippen LogP contribution in [0.2, 0.25) is 0 Å². The van der Waals surface area contributed by atoms with Crippen LogP contribution >= 0.6 is 11.3 Å². The van der Waals surface area contributed by atoms with Gasteiger partial charge in [0.05, 0.1) is 0 Å². The van der Waals surface area contributed by atoms with Gasteiger partial charge in [-0.2, -0.15) is 0 Å². The number of aromatic nitrogens is 1. The summed E-state index contributed by atoms with van der Waals surface area (Å²) in [5.74, 6) is -0.256. The molecular weight excluding hydrogens is 374 g/mol. The van der Waals surface area contributed by atoms with Gasteiger partial charge >= 0.3 is 0 Å². The molecule has 6 nitrogen and oxygen atoms in total. The van der Waals surface area contributed by atoms with E-state index in [0.29, 0.717) is 18.0 Å². The number of nitrogens with two attached hydrogens (primary N) is 1. The third kappa shape index (κ3) is 4.95. The van der Waals surface area contributed by atoms with E-state index in [-0.39, 0.29) is 12.5 Å². The molecule has 0 atom stereocenters. The fourth-order valence-corrected chi connectivity index (χ4v) is 3.62. The molecule has 0 radical (unpaired) electrons. The smallest absolute Gasteiger partial charge is 0.271 e. The van der Waals surface area contributed by atoms with E-state index in [2.05, 4.69) is 16.4 Å². The van der Waals surface area contributed by atoms with E-state index in [9.17, 15) is 9.59 Å². The zero-order valence-corrected chi connectivity index (χ0v) is 16.5. The molecule has 7 heteroatoms. The minimum absolute atomic E-state index is 0.185. The lowest BCUT2D eigenvalue weighted by atomic mass is 10.1. The summed E-state index contributed by atoms with van der Waals surface area (Å²) in [6.45, 7) is 4.22. The molecular formula is C21H21N3O3S. The van der Waals surface area contributed by atoms with Gasteiger partial charge in [0.1, 0.15) is 16.5 Å². The zero-order valence-electron chi connectivity index (χ0n) is 15.7. The quantitative estimate of drug-likeness (QED) is 0.642. The Morgan fingerprint density at radius 3 is 2.75 bits per heavy atom. The average molecular weight is 395 g/mol. The molecule has 28 heavy (non-hydrogen) atoms. The average Bonchev–Trinajstić information content (AvgIpc) is 3.15. The third-order valence-corrected chi connectivity index (χ3v) is 4.96. The van der Waals surface area contributed by atoms with E-state index in [1.807, 2.05) is 32.0 Å². The Morgan fingerprint density at radius 2 is 2.00 bits per heavy atom. The van der Waals surface area contributed by atoms with Gasteiger partial charge in [0.15, 0.2) is 6.61 Å². The highest BCUT2D eigenvalue weighted by Crippen LogP contribution is 2.27. The summed E-state index contributed by atoms with van der Waals surface area (Å²) in [5.41, 5.74) is 9.67. The molecule has 0 bridgehead atoms. The summed E-state index contributed by atoms with van der Waals surface area (Å²) in [4.78, 5) is 27.7. The summed E-state index contributed by atoms with van der Waals surface area (Å²) < 4.78 is 5.27. The first-order chi connectivity index (χ1) is 13.4.